The lowest BCUT2D eigenvalue weighted by molar-refractivity contribution is 0.204. The van der Waals surface area contributed by atoms with Gasteiger partial charge in [0.2, 0.25) is 0 Å². The lowest BCUT2D eigenvalue weighted by atomic mass is 10.3. The molecule has 0 spiro atoms. The van der Waals surface area contributed by atoms with E-state index in [2.05, 4.69) is 15.8 Å². The summed E-state index contributed by atoms with van der Waals surface area (Å²) in [7, 11) is 1.64. The van der Waals surface area contributed by atoms with Gasteiger partial charge in [-0.05, 0) is 31.3 Å². The number of nitrogens with zero attached hydrogens (tertiary/aromatic N) is 1. The van der Waals surface area contributed by atoms with E-state index < -0.39 is 0 Å². The number of hydrogen-bond donors (Lipinski definition) is 2. The Kier molecular flexibility index (Phi) is 6.43. The second-order valence-corrected chi connectivity index (χ2v) is 5.28. The smallest absolute Gasteiger partial charge is 0.187 e. The van der Waals surface area contributed by atoms with E-state index in [-0.39, 0.29) is 0 Å². The molecule has 0 aliphatic carbocycles. The van der Waals surface area contributed by atoms with Gasteiger partial charge in [-0.2, -0.15) is 5.10 Å². The highest BCUT2D eigenvalue weighted by molar-refractivity contribution is 7.80. The van der Waals surface area contributed by atoms with E-state index in [4.69, 9.17) is 28.6 Å². The van der Waals surface area contributed by atoms with Gasteiger partial charge in [0.1, 0.15) is 0 Å². The second-order valence-electron chi connectivity index (χ2n) is 3.16. The zero-order valence-electron chi connectivity index (χ0n) is 9.62. The molecule has 1 rings (SSSR count). The third kappa shape index (κ3) is 5.45. The number of nitrogens with one attached hydrogen (secondary N) is 2. The van der Waals surface area contributed by atoms with Crippen LogP contribution in [0.25, 0.3) is 0 Å². The first-order chi connectivity index (χ1) is 8.13. The fourth-order valence-electron chi connectivity index (χ4n) is 1.00. The largest absolute Gasteiger partial charge is 0.383 e. The molecule has 0 aliphatic rings. The summed E-state index contributed by atoms with van der Waals surface area (Å²) in [6, 6.07) is 3.77. The van der Waals surface area contributed by atoms with Crippen LogP contribution in [0.2, 0.25) is 4.34 Å². The van der Waals surface area contributed by atoms with E-state index in [9.17, 15) is 0 Å². The van der Waals surface area contributed by atoms with Crippen molar-refractivity contribution in [2.24, 2.45) is 5.10 Å². The van der Waals surface area contributed by atoms with Crippen LogP contribution in [-0.4, -0.2) is 31.1 Å². The molecule has 1 aromatic rings. The maximum absolute atomic E-state index is 5.84. The Bertz CT molecular complexity index is 406. The van der Waals surface area contributed by atoms with Crippen molar-refractivity contribution in [2.75, 3.05) is 20.3 Å². The third-order valence-corrected chi connectivity index (χ3v) is 3.42. The molecule has 17 heavy (non-hydrogen) atoms. The summed E-state index contributed by atoms with van der Waals surface area (Å²) in [6.45, 7) is 3.15. The van der Waals surface area contributed by atoms with E-state index in [0.717, 1.165) is 14.9 Å². The molecule has 94 valence electrons. The Morgan fingerprint density at radius 1 is 1.59 bits per heavy atom. The molecular weight excluding hydrogens is 278 g/mol. The number of halogens is 1. The van der Waals surface area contributed by atoms with E-state index in [0.29, 0.717) is 18.3 Å². The van der Waals surface area contributed by atoms with Gasteiger partial charge in [-0.25, -0.2) is 0 Å². The number of rotatable bonds is 5. The predicted molar refractivity (Wildman–Crippen MR) is 77.2 cm³/mol. The molecule has 4 nitrogen and oxygen atoms in total. The summed E-state index contributed by atoms with van der Waals surface area (Å²) in [5, 5.41) is 7.60. The molecule has 0 aromatic carbocycles. The van der Waals surface area contributed by atoms with Crippen LogP contribution in [0.15, 0.2) is 17.2 Å². The van der Waals surface area contributed by atoms with Crippen LogP contribution in [0.3, 0.4) is 0 Å². The number of thiocarbonyl (C=S) groups is 1. The van der Waals surface area contributed by atoms with Crippen LogP contribution in [0, 0.1) is 0 Å². The fourth-order valence-corrected chi connectivity index (χ4v) is 2.14. The van der Waals surface area contributed by atoms with E-state index in [1.165, 1.54) is 11.3 Å². The van der Waals surface area contributed by atoms with Crippen molar-refractivity contribution in [3.63, 3.8) is 0 Å². The average molecular weight is 292 g/mol. The number of ether oxygens (including phenoxy) is 1. The van der Waals surface area contributed by atoms with Gasteiger partial charge >= 0.3 is 0 Å². The van der Waals surface area contributed by atoms with E-state index in [1.54, 1.807) is 7.11 Å². The van der Waals surface area contributed by atoms with Crippen LogP contribution in [0.4, 0.5) is 0 Å². The lowest BCUT2D eigenvalue weighted by Gasteiger charge is -2.06. The second kappa shape index (κ2) is 7.60. The maximum Gasteiger partial charge on any atom is 0.187 e. The molecule has 0 fully saturated rings. The molecule has 0 unspecified atom stereocenters. The molecule has 0 saturated carbocycles. The number of hydrazone groups is 1. The Morgan fingerprint density at radius 3 is 2.94 bits per heavy atom. The van der Waals surface area contributed by atoms with Gasteiger partial charge in [-0.15, -0.1) is 11.3 Å². The molecule has 0 saturated heterocycles. The van der Waals surface area contributed by atoms with Gasteiger partial charge in [-0.3, -0.25) is 5.43 Å². The molecule has 0 radical (unpaired) electrons. The zero-order chi connectivity index (χ0) is 12.7. The van der Waals surface area contributed by atoms with Gasteiger partial charge in [0.05, 0.1) is 21.5 Å². The molecule has 1 aromatic heterocycles. The Balaban J connectivity index is 2.40. The van der Waals surface area contributed by atoms with Crippen molar-refractivity contribution < 1.29 is 4.74 Å². The molecule has 0 bridgehead atoms. The first kappa shape index (κ1) is 14.4. The van der Waals surface area contributed by atoms with Crippen LogP contribution in [0.5, 0.6) is 0 Å². The predicted octanol–water partition coefficient (Wildman–Crippen LogP) is 2.24. The van der Waals surface area contributed by atoms with Crippen molar-refractivity contribution in [2.45, 2.75) is 6.92 Å². The highest BCUT2D eigenvalue weighted by Crippen LogP contribution is 2.21. The summed E-state index contributed by atoms with van der Waals surface area (Å²) >= 11 is 12.4. The van der Waals surface area contributed by atoms with Gasteiger partial charge in [-0.1, -0.05) is 11.6 Å². The lowest BCUT2D eigenvalue weighted by Crippen LogP contribution is -2.34. The van der Waals surface area contributed by atoms with E-state index in [1.807, 2.05) is 19.1 Å². The van der Waals surface area contributed by atoms with Crippen molar-refractivity contribution >= 4 is 46.0 Å². The highest BCUT2D eigenvalue weighted by Gasteiger charge is 2.01. The van der Waals surface area contributed by atoms with E-state index >= 15 is 0 Å². The average Bonchev–Trinajstić information content (AvgIpc) is 2.73. The summed E-state index contributed by atoms with van der Waals surface area (Å²) in [5.41, 5.74) is 3.61. The third-order valence-electron chi connectivity index (χ3n) is 1.85. The normalized spacial score (nSPS) is 11.4. The zero-order valence-corrected chi connectivity index (χ0v) is 12.0. The van der Waals surface area contributed by atoms with Gasteiger partial charge in [0.15, 0.2) is 5.11 Å². The first-order valence-corrected chi connectivity index (χ1v) is 6.56. The minimum atomic E-state index is 0.476. The van der Waals surface area contributed by atoms with Crippen molar-refractivity contribution in [1.29, 1.82) is 0 Å². The number of hydrogen-bond acceptors (Lipinski definition) is 4. The summed E-state index contributed by atoms with van der Waals surface area (Å²) in [5.74, 6) is 0. The fraction of sp³-hybridized carbons (Fsp3) is 0.400. The van der Waals surface area contributed by atoms with Crippen LogP contribution in [0.1, 0.15) is 11.8 Å². The SMILES string of the molecule is COCCNC(=S)N/N=C(/C)c1ccc(Cl)s1. The summed E-state index contributed by atoms with van der Waals surface area (Å²) in [6.07, 6.45) is 0. The van der Waals surface area contributed by atoms with Crippen molar-refractivity contribution in [3.05, 3.63) is 21.3 Å². The minimum Gasteiger partial charge on any atom is -0.383 e. The standard InChI is InChI=1S/C10H14ClN3OS2/c1-7(8-3-4-9(11)17-8)13-14-10(16)12-5-6-15-2/h3-4H,5-6H2,1-2H3,(H2,12,14,16)/b13-7-. The minimum absolute atomic E-state index is 0.476. The molecule has 7 heteroatoms. The Morgan fingerprint density at radius 2 is 2.35 bits per heavy atom. The van der Waals surface area contributed by atoms with Gasteiger partial charge in [0, 0.05) is 13.7 Å². The molecule has 0 aliphatic heterocycles. The molecular formula is C10H14ClN3OS2. The van der Waals surface area contributed by atoms with Gasteiger partial charge < -0.3 is 10.1 Å². The Labute approximate surface area is 115 Å². The number of methoxy groups -OCH3 is 1. The quantitative estimate of drug-likeness (QED) is 0.378. The maximum atomic E-state index is 5.84. The van der Waals surface area contributed by atoms with Crippen molar-refractivity contribution in [1.82, 2.24) is 10.7 Å². The van der Waals surface area contributed by atoms with Crippen LogP contribution < -0.4 is 10.7 Å². The monoisotopic (exact) mass is 291 g/mol. The summed E-state index contributed by atoms with van der Waals surface area (Å²) in [4.78, 5) is 1.02. The molecule has 0 atom stereocenters. The summed E-state index contributed by atoms with van der Waals surface area (Å²) < 4.78 is 5.64. The first-order valence-electron chi connectivity index (χ1n) is 4.96. The molecule has 1 heterocycles. The van der Waals surface area contributed by atoms with Crippen LogP contribution in [-0.2, 0) is 4.74 Å². The Hall–Kier alpha value is -0.690. The molecule has 0 amide bonds. The van der Waals surface area contributed by atoms with Crippen molar-refractivity contribution in [3.8, 4) is 0 Å². The van der Waals surface area contributed by atoms with Crippen LogP contribution >= 0.6 is 35.2 Å². The van der Waals surface area contributed by atoms with Gasteiger partial charge in [0.25, 0.3) is 0 Å². The topological polar surface area (TPSA) is 45.6 Å². The highest BCUT2D eigenvalue weighted by atomic mass is 35.5. The number of thiophene rings is 1. The molecule has 2 N–H and O–H groups in total.